The molecule has 17 heavy (non-hydrogen) atoms. The molecule has 98 valence electrons. The van der Waals surface area contributed by atoms with Crippen molar-refractivity contribution in [2.45, 2.75) is 38.1 Å². The van der Waals surface area contributed by atoms with Crippen LogP contribution in [0.5, 0.6) is 0 Å². The molecule has 0 spiro atoms. The smallest absolute Gasteiger partial charge is 0.0494 e. The van der Waals surface area contributed by atoms with Crippen molar-refractivity contribution in [2.75, 3.05) is 39.4 Å². The standard InChI is InChI=1S/C14H26N2O/c1(9-17-11-12-2-3-12)6-15-14-10-16-7-4-13(14)5-8-16/h12-15H,1-11H2. The first-order chi connectivity index (χ1) is 8.42. The van der Waals surface area contributed by atoms with E-state index in [4.69, 9.17) is 4.74 Å². The van der Waals surface area contributed by atoms with Crippen molar-refractivity contribution in [1.82, 2.24) is 10.2 Å². The van der Waals surface area contributed by atoms with Crippen LogP contribution in [0.25, 0.3) is 0 Å². The lowest BCUT2D eigenvalue weighted by atomic mass is 9.84. The van der Waals surface area contributed by atoms with Crippen LogP contribution in [0.1, 0.15) is 32.1 Å². The summed E-state index contributed by atoms with van der Waals surface area (Å²) in [5, 5.41) is 3.74. The van der Waals surface area contributed by atoms with Gasteiger partial charge >= 0.3 is 0 Å². The molecule has 4 aliphatic rings. The molecule has 0 amide bonds. The number of piperidine rings is 3. The summed E-state index contributed by atoms with van der Waals surface area (Å²) in [5.74, 6) is 1.86. The predicted molar refractivity (Wildman–Crippen MR) is 69.1 cm³/mol. The van der Waals surface area contributed by atoms with Crippen molar-refractivity contribution in [3.63, 3.8) is 0 Å². The molecular formula is C14H26N2O. The van der Waals surface area contributed by atoms with Gasteiger partial charge in [-0.15, -0.1) is 0 Å². The van der Waals surface area contributed by atoms with E-state index in [0.717, 1.165) is 37.6 Å². The highest BCUT2D eigenvalue weighted by Crippen LogP contribution is 2.29. The molecule has 4 fully saturated rings. The van der Waals surface area contributed by atoms with Crippen LogP contribution in [0.3, 0.4) is 0 Å². The molecule has 2 bridgehead atoms. The van der Waals surface area contributed by atoms with E-state index in [1.165, 1.54) is 51.7 Å². The Morgan fingerprint density at radius 2 is 1.94 bits per heavy atom. The first-order valence-corrected chi connectivity index (χ1v) is 7.45. The molecule has 3 nitrogen and oxygen atoms in total. The fourth-order valence-corrected chi connectivity index (χ4v) is 3.19. The first kappa shape index (κ1) is 11.9. The average Bonchev–Trinajstić information content (AvgIpc) is 3.19. The third kappa shape index (κ3) is 3.43. The third-order valence-corrected chi connectivity index (χ3v) is 4.58. The fourth-order valence-electron chi connectivity index (χ4n) is 3.19. The summed E-state index contributed by atoms with van der Waals surface area (Å²) in [6.07, 6.45) is 6.80. The number of hydrogen-bond acceptors (Lipinski definition) is 3. The maximum absolute atomic E-state index is 5.66. The van der Waals surface area contributed by atoms with Gasteiger partial charge in [0.15, 0.2) is 0 Å². The van der Waals surface area contributed by atoms with Gasteiger partial charge in [-0.1, -0.05) is 0 Å². The van der Waals surface area contributed by atoms with Crippen molar-refractivity contribution >= 4 is 0 Å². The minimum atomic E-state index is 0.765. The van der Waals surface area contributed by atoms with Crippen molar-refractivity contribution in [3.05, 3.63) is 0 Å². The summed E-state index contributed by atoms with van der Waals surface area (Å²) in [4.78, 5) is 2.61. The van der Waals surface area contributed by atoms with E-state index in [1.807, 2.05) is 0 Å². The van der Waals surface area contributed by atoms with Gasteiger partial charge in [-0.05, 0) is 63.6 Å². The minimum Gasteiger partial charge on any atom is -0.381 e. The number of ether oxygens (including phenoxy) is 1. The van der Waals surface area contributed by atoms with Gasteiger partial charge in [0, 0.05) is 25.8 Å². The molecule has 0 aromatic rings. The van der Waals surface area contributed by atoms with E-state index >= 15 is 0 Å². The summed E-state index contributed by atoms with van der Waals surface area (Å²) in [6.45, 7) is 7.07. The van der Waals surface area contributed by atoms with Crippen LogP contribution in [0.2, 0.25) is 0 Å². The Morgan fingerprint density at radius 3 is 2.59 bits per heavy atom. The highest BCUT2D eigenvalue weighted by Gasteiger charge is 2.33. The second-order valence-electron chi connectivity index (χ2n) is 6.07. The summed E-state index contributed by atoms with van der Waals surface area (Å²) < 4.78 is 5.66. The topological polar surface area (TPSA) is 24.5 Å². The number of rotatable bonds is 7. The summed E-state index contributed by atoms with van der Waals surface area (Å²) in [6, 6.07) is 0.765. The quantitative estimate of drug-likeness (QED) is 0.680. The van der Waals surface area contributed by atoms with Gasteiger partial charge in [-0.25, -0.2) is 0 Å². The Kier molecular flexibility index (Phi) is 3.99. The van der Waals surface area contributed by atoms with Crippen molar-refractivity contribution in [3.8, 4) is 0 Å². The van der Waals surface area contributed by atoms with Crippen LogP contribution in [0, 0.1) is 11.8 Å². The summed E-state index contributed by atoms with van der Waals surface area (Å²) in [5.41, 5.74) is 0. The minimum absolute atomic E-state index is 0.765. The van der Waals surface area contributed by atoms with E-state index < -0.39 is 0 Å². The summed E-state index contributed by atoms with van der Waals surface area (Å²) in [7, 11) is 0. The number of fused-ring (bicyclic) bond motifs is 3. The molecular weight excluding hydrogens is 212 g/mol. The van der Waals surface area contributed by atoms with Crippen molar-refractivity contribution < 1.29 is 4.74 Å². The van der Waals surface area contributed by atoms with Gasteiger partial charge in [0.05, 0.1) is 0 Å². The second-order valence-corrected chi connectivity index (χ2v) is 6.07. The lowest BCUT2D eigenvalue weighted by Gasteiger charge is -2.45. The van der Waals surface area contributed by atoms with Crippen molar-refractivity contribution in [2.24, 2.45) is 11.8 Å². The van der Waals surface area contributed by atoms with E-state index in [-0.39, 0.29) is 0 Å². The number of hydrogen-bond donors (Lipinski definition) is 1. The largest absolute Gasteiger partial charge is 0.381 e. The molecule has 3 heterocycles. The van der Waals surface area contributed by atoms with Crippen LogP contribution >= 0.6 is 0 Å². The van der Waals surface area contributed by atoms with Crippen LogP contribution in [0.15, 0.2) is 0 Å². The van der Waals surface area contributed by atoms with Crippen LogP contribution in [0.4, 0.5) is 0 Å². The van der Waals surface area contributed by atoms with Crippen LogP contribution < -0.4 is 5.32 Å². The maximum atomic E-state index is 5.66. The number of nitrogens with zero attached hydrogens (tertiary/aromatic N) is 1. The molecule has 1 aliphatic carbocycles. The molecule has 1 saturated carbocycles. The zero-order chi connectivity index (χ0) is 11.5. The van der Waals surface area contributed by atoms with Crippen LogP contribution in [-0.2, 0) is 4.74 Å². The average molecular weight is 238 g/mol. The first-order valence-electron chi connectivity index (χ1n) is 7.45. The Hall–Kier alpha value is -0.120. The molecule has 3 aliphatic heterocycles. The molecule has 1 atom stereocenters. The molecule has 0 aromatic carbocycles. The monoisotopic (exact) mass is 238 g/mol. The zero-order valence-corrected chi connectivity index (χ0v) is 10.9. The lowest BCUT2D eigenvalue weighted by molar-refractivity contribution is 0.0697. The van der Waals surface area contributed by atoms with Gasteiger partial charge in [-0.2, -0.15) is 0 Å². The van der Waals surface area contributed by atoms with Crippen LogP contribution in [-0.4, -0.2) is 50.3 Å². The van der Waals surface area contributed by atoms with Gasteiger partial charge < -0.3 is 15.0 Å². The molecule has 1 N–H and O–H groups in total. The Morgan fingerprint density at radius 1 is 1.12 bits per heavy atom. The normalized spacial score (nSPS) is 36.4. The zero-order valence-electron chi connectivity index (χ0n) is 10.9. The molecule has 0 radical (unpaired) electrons. The molecule has 1 unspecified atom stereocenters. The Balaban J connectivity index is 1.24. The lowest BCUT2D eigenvalue weighted by Crippen LogP contribution is -2.56. The van der Waals surface area contributed by atoms with Crippen molar-refractivity contribution in [1.29, 1.82) is 0 Å². The Bertz CT molecular complexity index is 234. The Labute approximate surface area is 105 Å². The predicted octanol–water partition coefficient (Wildman–Crippen LogP) is 1.49. The third-order valence-electron chi connectivity index (χ3n) is 4.58. The van der Waals surface area contributed by atoms with Gasteiger partial charge in [0.2, 0.25) is 0 Å². The molecule has 3 heteroatoms. The highest BCUT2D eigenvalue weighted by molar-refractivity contribution is 4.90. The van der Waals surface area contributed by atoms with Gasteiger partial charge in [-0.3, -0.25) is 0 Å². The maximum Gasteiger partial charge on any atom is 0.0494 e. The molecule has 0 aromatic heterocycles. The second kappa shape index (κ2) is 5.68. The summed E-state index contributed by atoms with van der Waals surface area (Å²) >= 11 is 0. The highest BCUT2D eigenvalue weighted by atomic mass is 16.5. The van der Waals surface area contributed by atoms with Gasteiger partial charge in [0.25, 0.3) is 0 Å². The van der Waals surface area contributed by atoms with E-state index in [0.29, 0.717) is 0 Å². The van der Waals surface area contributed by atoms with E-state index in [2.05, 4.69) is 10.2 Å². The fraction of sp³-hybridized carbons (Fsp3) is 1.00. The van der Waals surface area contributed by atoms with E-state index in [9.17, 15) is 0 Å². The number of nitrogens with one attached hydrogen (secondary N) is 1. The SMILES string of the molecule is C(CNC1CN2CCC1CC2)COCC1CC1. The molecule has 3 saturated heterocycles. The molecule has 4 rings (SSSR count). The van der Waals surface area contributed by atoms with Gasteiger partial charge in [0.1, 0.15) is 0 Å². The van der Waals surface area contributed by atoms with E-state index in [1.54, 1.807) is 0 Å².